The molecule has 0 bridgehead atoms. The van der Waals surface area contributed by atoms with Gasteiger partial charge in [-0.2, -0.15) is 5.10 Å². The molecule has 0 spiro atoms. The van der Waals surface area contributed by atoms with Gasteiger partial charge in [0.1, 0.15) is 5.82 Å². The van der Waals surface area contributed by atoms with Gasteiger partial charge in [-0.3, -0.25) is 0 Å². The summed E-state index contributed by atoms with van der Waals surface area (Å²) in [6, 6.07) is 8.06. The average molecular weight is 281 g/mol. The number of hydrogen-bond donors (Lipinski definition) is 2. The summed E-state index contributed by atoms with van der Waals surface area (Å²) in [6.45, 7) is 1.08. The number of nitrogens with two attached hydrogens (primary N) is 2. The maximum atomic E-state index is 5.91. The number of aromatic nitrogens is 2. The molecule has 4 N–H and O–H groups in total. The van der Waals surface area contributed by atoms with Crippen molar-refractivity contribution in [3.05, 3.63) is 46.1 Å². The summed E-state index contributed by atoms with van der Waals surface area (Å²) >= 11 is 3.43. The SMILES string of the molecule is NCc1cnn(Cc2cccc(Br)c2)c1N. The van der Waals surface area contributed by atoms with Crippen molar-refractivity contribution >= 4 is 21.7 Å². The maximum Gasteiger partial charge on any atom is 0.126 e. The van der Waals surface area contributed by atoms with Crippen LogP contribution in [-0.2, 0) is 13.1 Å². The van der Waals surface area contributed by atoms with Crippen molar-refractivity contribution in [1.82, 2.24) is 9.78 Å². The number of benzene rings is 1. The van der Waals surface area contributed by atoms with Crippen molar-refractivity contribution in [3.8, 4) is 0 Å². The highest BCUT2D eigenvalue weighted by Crippen LogP contribution is 2.15. The predicted molar refractivity (Wildman–Crippen MR) is 67.8 cm³/mol. The first kappa shape index (κ1) is 11.2. The van der Waals surface area contributed by atoms with Crippen LogP contribution in [0.2, 0.25) is 0 Å². The fourth-order valence-corrected chi connectivity index (χ4v) is 1.97. The van der Waals surface area contributed by atoms with Crippen molar-refractivity contribution < 1.29 is 0 Å². The second-order valence-corrected chi connectivity index (χ2v) is 4.46. The minimum Gasteiger partial charge on any atom is -0.384 e. The molecule has 1 heterocycles. The molecule has 0 aliphatic rings. The Hall–Kier alpha value is -1.33. The van der Waals surface area contributed by atoms with E-state index in [2.05, 4.69) is 21.0 Å². The van der Waals surface area contributed by atoms with Crippen LogP contribution in [0.4, 0.5) is 5.82 Å². The second kappa shape index (κ2) is 4.67. The van der Waals surface area contributed by atoms with Gasteiger partial charge in [-0.1, -0.05) is 28.1 Å². The van der Waals surface area contributed by atoms with Gasteiger partial charge in [0.05, 0.1) is 12.7 Å². The smallest absolute Gasteiger partial charge is 0.126 e. The van der Waals surface area contributed by atoms with Gasteiger partial charge in [-0.15, -0.1) is 0 Å². The molecule has 0 saturated carbocycles. The lowest BCUT2D eigenvalue weighted by molar-refractivity contribution is 0.696. The van der Waals surface area contributed by atoms with Gasteiger partial charge in [0.15, 0.2) is 0 Å². The number of nitrogens with zero attached hydrogens (tertiary/aromatic N) is 2. The lowest BCUT2D eigenvalue weighted by atomic mass is 10.2. The fourth-order valence-electron chi connectivity index (χ4n) is 1.53. The summed E-state index contributed by atoms with van der Waals surface area (Å²) in [5.74, 6) is 0.641. The van der Waals surface area contributed by atoms with Crippen molar-refractivity contribution in [1.29, 1.82) is 0 Å². The Labute approximate surface area is 102 Å². The Kier molecular flexibility index (Phi) is 3.26. The van der Waals surface area contributed by atoms with E-state index in [-0.39, 0.29) is 0 Å². The first-order valence-electron chi connectivity index (χ1n) is 4.95. The number of halogens is 1. The van der Waals surface area contributed by atoms with Gasteiger partial charge in [0.2, 0.25) is 0 Å². The van der Waals surface area contributed by atoms with Crippen LogP contribution in [0.15, 0.2) is 34.9 Å². The van der Waals surface area contributed by atoms with Gasteiger partial charge < -0.3 is 11.5 Å². The highest BCUT2D eigenvalue weighted by Gasteiger charge is 2.06. The van der Waals surface area contributed by atoms with Crippen LogP contribution in [0.5, 0.6) is 0 Å². The van der Waals surface area contributed by atoms with Crippen molar-refractivity contribution in [2.45, 2.75) is 13.1 Å². The topological polar surface area (TPSA) is 69.9 Å². The summed E-state index contributed by atoms with van der Waals surface area (Å²) in [7, 11) is 0. The summed E-state index contributed by atoms with van der Waals surface area (Å²) in [6.07, 6.45) is 1.72. The molecule has 0 amide bonds. The van der Waals surface area contributed by atoms with E-state index < -0.39 is 0 Å². The Morgan fingerprint density at radius 3 is 2.81 bits per heavy atom. The molecular weight excluding hydrogens is 268 g/mol. The maximum absolute atomic E-state index is 5.91. The minimum absolute atomic E-state index is 0.421. The average Bonchev–Trinajstić information content (AvgIpc) is 2.60. The van der Waals surface area contributed by atoms with Gasteiger partial charge in [-0.25, -0.2) is 4.68 Å². The second-order valence-electron chi connectivity index (χ2n) is 3.55. The Bertz CT molecular complexity index is 492. The van der Waals surface area contributed by atoms with Gasteiger partial charge in [-0.05, 0) is 17.7 Å². The molecule has 0 atom stereocenters. The molecule has 2 rings (SSSR count). The molecule has 0 fully saturated rings. The molecule has 0 unspecified atom stereocenters. The lowest BCUT2D eigenvalue weighted by Crippen LogP contribution is -2.07. The molecule has 1 aromatic carbocycles. The molecular formula is C11H13BrN4. The minimum atomic E-state index is 0.421. The Morgan fingerprint density at radius 2 is 2.19 bits per heavy atom. The third-order valence-corrected chi connectivity index (χ3v) is 2.89. The van der Waals surface area contributed by atoms with E-state index in [4.69, 9.17) is 11.5 Å². The van der Waals surface area contributed by atoms with Gasteiger partial charge in [0, 0.05) is 16.6 Å². The van der Waals surface area contributed by atoms with E-state index in [1.54, 1.807) is 10.9 Å². The summed E-state index contributed by atoms with van der Waals surface area (Å²) in [5, 5.41) is 4.21. The monoisotopic (exact) mass is 280 g/mol. The lowest BCUT2D eigenvalue weighted by Gasteiger charge is -2.05. The summed E-state index contributed by atoms with van der Waals surface area (Å²) in [5.41, 5.74) is 13.5. The first-order chi connectivity index (χ1) is 7.70. The van der Waals surface area contributed by atoms with Crippen LogP contribution in [0.3, 0.4) is 0 Å². The van der Waals surface area contributed by atoms with Crippen LogP contribution >= 0.6 is 15.9 Å². The van der Waals surface area contributed by atoms with Crippen LogP contribution in [0, 0.1) is 0 Å². The zero-order valence-electron chi connectivity index (χ0n) is 8.73. The van der Waals surface area contributed by atoms with Crippen LogP contribution in [-0.4, -0.2) is 9.78 Å². The van der Waals surface area contributed by atoms with Crippen LogP contribution in [0.25, 0.3) is 0 Å². The van der Waals surface area contributed by atoms with Crippen LogP contribution < -0.4 is 11.5 Å². The predicted octanol–water partition coefficient (Wildman–Crippen LogP) is 1.73. The molecule has 1 aromatic heterocycles. The number of rotatable bonds is 3. The number of anilines is 1. The highest BCUT2D eigenvalue weighted by atomic mass is 79.9. The Balaban J connectivity index is 2.24. The number of nitrogen functional groups attached to an aromatic ring is 1. The van der Waals surface area contributed by atoms with Gasteiger partial charge in [0.25, 0.3) is 0 Å². The van der Waals surface area contributed by atoms with Gasteiger partial charge >= 0.3 is 0 Å². The normalized spacial score (nSPS) is 10.6. The van der Waals surface area contributed by atoms with E-state index in [0.29, 0.717) is 18.9 Å². The van der Waals surface area contributed by atoms with E-state index in [0.717, 1.165) is 15.6 Å². The van der Waals surface area contributed by atoms with Crippen molar-refractivity contribution in [2.24, 2.45) is 5.73 Å². The van der Waals surface area contributed by atoms with E-state index in [1.165, 1.54) is 0 Å². The van der Waals surface area contributed by atoms with Crippen molar-refractivity contribution in [3.63, 3.8) is 0 Å². The summed E-state index contributed by atoms with van der Waals surface area (Å²) < 4.78 is 2.80. The molecule has 0 saturated heterocycles. The molecule has 4 nitrogen and oxygen atoms in total. The number of hydrogen-bond acceptors (Lipinski definition) is 3. The van der Waals surface area contributed by atoms with E-state index in [9.17, 15) is 0 Å². The molecule has 5 heteroatoms. The largest absolute Gasteiger partial charge is 0.384 e. The molecule has 0 aliphatic carbocycles. The van der Waals surface area contributed by atoms with Crippen molar-refractivity contribution in [2.75, 3.05) is 5.73 Å². The molecule has 2 aromatic rings. The summed E-state index contributed by atoms with van der Waals surface area (Å²) in [4.78, 5) is 0. The zero-order chi connectivity index (χ0) is 11.5. The first-order valence-corrected chi connectivity index (χ1v) is 5.74. The Morgan fingerprint density at radius 1 is 1.38 bits per heavy atom. The molecule has 0 radical (unpaired) electrons. The van der Waals surface area contributed by atoms with E-state index >= 15 is 0 Å². The standard InChI is InChI=1S/C11H13BrN4/c12-10-3-1-2-8(4-10)7-16-11(14)9(5-13)6-15-16/h1-4,6H,5,7,13-14H2. The van der Waals surface area contributed by atoms with E-state index in [1.807, 2.05) is 24.3 Å². The molecule has 16 heavy (non-hydrogen) atoms. The third kappa shape index (κ3) is 2.25. The third-order valence-electron chi connectivity index (χ3n) is 2.40. The highest BCUT2D eigenvalue weighted by molar-refractivity contribution is 9.10. The fraction of sp³-hybridized carbons (Fsp3) is 0.182. The van der Waals surface area contributed by atoms with Crippen LogP contribution in [0.1, 0.15) is 11.1 Å². The molecule has 84 valence electrons. The zero-order valence-corrected chi connectivity index (χ0v) is 10.3. The molecule has 0 aliphatic heterocycles. The quantitative estimate of drug-likeness (QED) is 0.900.